The van der Waals surface area contributed by atoms with Crippen molar-refractivity contribution < 1.29 is 14.5 Å². The number of carbonyl (C=O) groups is 2. The van der Waals surface area contributed by atoms with Crippen molar-refractivity contribution in [1.29, 1.82) is 0 Å². The Morgan fingerprint density at radius 2 is 1.92 bits per heavy atom. The quantitative estimate of drug-likeness (QED) is 0.737. The molecule has 0 bridgehead atoms. The molecule has 6 nitrogen and oxygen atoms in total. The lowest BCUT2D eigenvalue weighted by molar-refractivity contribution is -0.896. The van der Waals surface area contributed by atoms with E-state index in [1.165, 1.54) is 16.2 Å². The highest BCUT2D eigenvalue weighted by molar-refractivity contribution is 5.82. The van der Waals surface area contributed by atoms with Crippen molar-refractivity contribution in [2.75, 3.05) is 57.8 Å². The molecular weight excluding hydrogens is 304 g/mol. The summed E-state index contributed by atoms with van der Waals surface area (Å²) in [4.78, 5) is 29.5. The third-order valence-electron chi connectivity index (χ3n) is 5.05. The van der Waals surface area contributed by atoms with Crippen LogP contribution >= 0.6 is 0 Å². The van der Waals surface area contributed by atoms with Crippen LogP contribution in [0.25, 0.3) is 0 Å². The van der Waals surface area contributed by atoms with Crippen molar-refractivity contribution in [1.82, 2.24) is 10.2 Å². The molecule has 2 amide bonds. The Labute approximate surface area is 143 Å². The van der Waals surface area contributed by atoms with Crippen LogP contribution in [0.4, 0.5) is 5.69 Å². The number of hydrogen-bond acceptors (Lipinski definition) is 3. The molecule has 6 heteroatoms. The van der Waals surface area contributed by atoms with Crippen LogP contribution in [0.3, 0.4) is 0 Å². The number of anilines is 1. The molecule has 2 aliphatic heterocycles. The summed E-state index contributed by atoms with van der Waals surface area (Å²) in [6, 6.07) is 8.39. The number of para-hydroxylation sites is 1. The van der Waals surface area contributed by atoms with Crippen molar-refractivity contribution in [3.8, 4) is 0 Å². The number of likely N-dealkylation sites (N-methyl/N-ethyl adjacent to an activating group) is 1. The summed E-state index contributed by atoms with van der Waals surface area (Å²) >= 11 is 0. The topological polar surface area (TPSA) is 57.1 Å². The molecule has 0 aromatic heterocycles. The largest absolute Gasteiger partial charge is 0.362 e. The zero-order valence-corrected chi connectivity index (χ0v) is 14.4. The monoisotopic (exact) mass is 331 g/mol. The predicted octanol–water partition coefficient (Wildman–Crippen LogP) is -1.09. The van der Waals surface area contributed by atoms with Gasteiger partial charge in [0.05, 0.1) is 32.7 Å². The van der Waals surface area contributed by atoms with Crippen LogP contribution < -0.4 is 15.1 Å². The van der Waals surface area contributed by atoms with Gasteiger partial charge in [0.15, 0.2) is 6.54 Å². The second-order valence-electron chi connectivity index (χ2n) is 6.63. The van der Waals surface area contributed by atoms with Crippen molar-refractivity contribution in [3.63, 3.8) is 0 Å². The van der Waals surface area contributed by atoms with Gasteiger partial charge in [0.2, 0.25) is 5.91 Å². The fourth-order valence-corrected chi connectivity index (χ4v) is 3.60. The lowest BCUT2D eigenvalue weighted by Gasteiger charge is -2.35. The number of nitrogens with zero attached hydrogens (tertiary/aromatic N) is 2. The van der Waals surface area contributed by atoms with Gasteiger partial charge in [0.1, 0.15) is 0 Å². The van der Waals surface area contributed by atoms with Crippen LogP contribution in [0.15, 0.2) is 24.3 Å². The van der Waals surface area contributed by atoms with Gasteiger partial charge in [-0.2, -0.15) is 0 Å². The lowest BCUT2D eigenvalue weighted by Crippen LogP contribution is -3.15. The van der Waals surface area contributed by atoms with Gasteiger partial charge in [-0.25, -0.2) is 0 Å². The number of carbonyl (C=O) groups excluding carboxylic acids is 2. The Kier molecular flexibility index (Phi) is 5.35. The molecule has 0 saturated carbocycles. The number of benzene rings is 1. The summed E-state index contributed by atoms with van der Waals surface area (Å²) in [6.45, 7) is 5.07. The highest BCUT2D eigenvalue weighted by atomic mass is 16.2. The molecule has 0 unspecified atom stereocenters. The maximum atomic E-state index is 12.7. The van der Waals surface area contributed by atoms with Crippen LogP contribution in [0.2, 0.25) is 0 Å². The second kappa shape index (κ2) is 7.66. The lowest BCUT2D eigenvalue weighted by atomic mass is 10.0. The average Bonchev–Trinajstić information content (AvgIpc) is 2.62. The fraction of sp³-hybridized carbons (Fsp3) is 0.556. The molecule has 130 valence electrons. The first-order valence-electron chi connectivity index (χ1n) is 8.82. The van der Waals surface area contributed by atoms with Gasteiger partial charge in [0.25, 0.3) is 5.91 Å². The molecule has 3 rings (SSSR count). The highest BCUT2D eigenvalue weighted by Crippen LogP contribution is 2.26. The van der Waals surface area contributed by atoms with Crippen LogP contribution in [0.1, 0.15) is 12.0 Å². The minimum atomic E-state index is 0.0645. The molecule has 2 heterocycles. The number of quaternary nitrogens is 1. The van der Waals surface area contributed by atoms with Gasteiger partial charge in [-0.1, -0.05) is 18.2 Å². The Bertz CT molecular complexity index is 596. The summed E-state index contributed by atoms with van der Waals surface area (Å²) in [7, 11) is 1.66. The van der Waals surface area contributed by atoms with Gasteiger partial charge in [0, 0.05) is 19.3 Å². The van der Waals surface area contributed by atoms with Crippen molar-refractivity contribution in [2.45, 2.75) is 12.8 Å². The van der Waals surface area contributed by atoms with Gasteiger partial charge < -0.3 is 20.0 Å². The Morgan fingerprint density at radius 1 is 1.17 bits per heavy atom. The number of fused-ring (bicyclic) bond motifs is 1. The summed E-state index contributed by atoms with van der Waals surface area (Å²) in [5.41, 5.74) is 2.55. The summed E-state index contributed by atoms with van der Waals surface area (Å²) < 4.78 is 0. The molecule has 2 aliphatic rings. The van der Waals surface area contributed by atoms with E-state index in [1.807, 2.05) is 11.0 Å². The summed E-state index contributed by atoms with van der Waals surface area (Å²) in [5, 5.41) is 2.66. The standard InChI is InChI=1S/C18H26N4O2/c1-19-17(23)13-20-9-11-21(12-10-20)18(24)14-22-8-4-6-15-5-2-3-7-16(15)22/h2-3,5,7H,4,6,8-14H2,1H3,(H,19,23)/p+1. The second-order valence-corrected chi connectivity index (χ2v) is 6.63. The minimum Gasteiger partial charge on any atom is -0.362 e. The van der Waals surface area contributed by atoms with E-state index in [-0.39, 0.29) is 11.8 Å². The molecule has 1 saturated heterocycles. The number of hydrogen-bond donors (Lipinski definition) is 2. The number of amides is 2. The fourth-order valence-electron chi connectivity index (χ4n) is 3.60. The summed E-state index contributed by atoms with van der Waals surface area (Å²) in [6.07, 6.45) is 2.21. The zero-order chi connectivity index (χ0) is 16.9. The van der Waals surface area contributed by atoms with Crippen molar-refractivity contribution in [3.05, 3.63) is 29.8 Å². The van der Waals surface area contributed by atoms with E-state index in [0.717, 1.165) is 45.6 Å². The van der Waals surface area contributed by atoms with E-state index >= 15 is 0 Å². The normalized spacial score (nSPS) is 18.2. The SMILES string of the molecule is CNC(=O)C[NH+]1CCN(C(=O)CN2CCCc3ccccc32)CC1. The number of piperazine rings is 1. The van der Waals surface area contributed by atoms with Gasteiger partial charge >= 0.3 is 0 Å². The average molecular weight is 331 g/mol. The molecule has 0 spiro atoms. The maximum Gasteiger partial charge on any atom is 0.274 e. The number of nitrogens with one attached hydrogen (secondary N) is 2. The maximum absolute atomic E-state index is 12.7. The van der Waals surface area contributed by atoms with E-state index in [1.54, 1.807) is 7.05 Å². The molecule has 2 N–H and O–H groups in total. The molecule has 1 aromatic rings. The summed E-state index contributed by atoms with van der Waals surface area (Å²) in [5.74, 6) is 0.264. The van der Waals surface area contributed by atoms with E-state index < -0.39 is 0 Å². The molecule has 0 radical (unpaired) electrons. The van der Waals surface area contributed by atoms with Crippen molar-refractivity contribution in [2.24, 2.45) is 0 Å². The Balaban J connectivity index is 1.53. The molecule has 1 fully saturated rings. The molecule has 24 heavy (non-hydrogen) atoms. The first-order chi connectivity index (χ1) is 11.7. The Hall–Kier alpha value is -2.08. The molecule has 0 atom stereocenters. The van der Waals surface area contributed by atoms with E-state index in [2.05, 4.69) is 28.4 Å². The molecule has 0 aliphatic carbocycles. The first-order valence-corrected chi connectivity index (χ1v) is 8.82. The third kappa shape index (κ3) is 3.87. The van der Waals surface area contributed by atoms with Crippen LogP contribution in [0.5, 0.6) is 0 Å². The van der Waals surface area contributed by atoms with Crippen molar-refractivity contribution >= 4 is 17.5 Å². The van der Waals surface area contributed by atoms with Gasteiger partial charge in [-0.15, -0.1) is 0 Å². The van der Waals surface area contributed by atoms with Crippen LogP contribution in [0, 0.1) is 0 Å². The predicted molar refractivity (Wildman–Crippen MR) is 93.2 cm³/mol. The highest BCUT2D eigenvalue weighted by Gasteiger charge is 2.27. The van der Waals surface area contributed by atoms with E-state index in [0.29, 0.717) is 13.1 Å². The zero-order valence-electron chi connectivity index (χ0n) is 14.4. The minimum absolute atomic E-state index is 0.0645. The molecular formula is C18H27N4O2+. The third-order valence-corrected chi connectivity index (χ3v) is 5.05. The number of aryl methyl sites for hydroxylation is 1. The smallest absolute Gasteiger partial charge is 0.274 e. The van der Waals surface area contributed by atoms with Gasteiger partial charge in [-0.3, -0.25) is 9.59 Å². The van der Waals surface area contributed by atoms with E-state index in [9.17, 15) is 9.59 Å². The van der Waals surface area contributed by atoms with Crippen LogP contribution in [-0.2, 0) is 16.0 Å². The first kappa shape index (κ1) is 16.8. The number of rotatable bonds is 4. The van der Waals surface area contributed by atoms with Crippen LogP contribution in [-0.4, -0.2) is 69.6 Å². The Morgan fingerprint density at radius 3 is 2.67 bits per heavy atom. The van der Waals surface area contributed by atoms with E-state index in [4.69, 9.17) is 0 Å². The molecule has 1 aromatic carbocycles. The van der Waals surface area contributed by atoms with Gasteiger partial charge in [-0.05, 0) is 24.5 Å².